The Hall–Kier alpha value is -4.13. The number of fused-ring (bicyclic) bond motifs is 2. The molecule has 0 bridgehead atoms. The third-order valence-corrected chi connectivity index (χ3v) is 12.8. The van der Waals surface area contributed by atoms with Gasteiger partial charge in [0.2, 0.25) is 5.91 Å². The van der Waals surface area contributed by atoms with Gasteiger partial charge in [0.15, 0.2) is 13.9 Å². The summed E-state index contributed by atoms with van der Waals surface area (Å²) >= 11 is 3.60. The lowest BCUT2D eigenvalue weighted by Crippen LogP contribution is -2.46. The van der Waals surface area contributed by atoms with E-state index in [0.717, 1.165) is 15.6 Å². The molecule has 0 saturated carbocycles. The number of ether oxygens (including phenoxy) is 1. The van der Waals surface area contributed by atoms with E-state index >= 15 is 0 Å². The fourth-order valence-electron chi connectivity index (χ4n) is 7.59. The van der Waals surface area contributed by atoms with Crippen molar-refractivity contribution >= 4 is 53.3 Å². The number of amides is 3. The van der Waals surface area contributed by atoms with Gasteiger partial charge in [0.05, 0.1) is 31.4 Å². The van der Waals surface area contributed by atoms with Crippen LogP contribution in [-0.2, 0) is 33.0 Å². The largest absolute Gasteiger partial charge is 0.432 e. The molecule has 0 aromatic heterocycles. The monoisotopic (exact) mass is 755 g/mol. The van der Waals surface area contributed by atoms with E-state index in [1.165, 1.54) is 0 Å². The first kappa shape index (κ1) is 35.7. The number of benzene rings is 4. The summed E-state index contributed by atoms with van der Waals surface area (Å²) in [5, 5.41) is 12.7. The minimum absolute atomic E-state index is 0.0344. The minimum atomic E-state index is -3.01. The molecule has 260 valence electrons. The molecule has 3 amide bonds. The maximum Gasteiger partial charge on any atom is 0.264 e. The predicted molar refractivity (Wildman–Crippen MR) is 199 cm³/mol. The number of anilines is 2. The van der Waals surface area contributed by atoms with Crippen LogP contribution in [0.25, 0.3) is 0 Å². The number of nitrogens with one attached hydrogen (secondary N) is 1. The fourth-order valence-corrected chi connectivity index (χ4v) is 10.5. The van der Waals surface area contributed by atoms with Gasteiger partial charge in [0.1, 0.15) is 0 Å². The first-order chi connectivity index (χ1) is 23.9. The molecule has 0 unspecified atom stereocenters. The minimum Gasteiger partial charge on any atom is -0.432 e. The van der Waals surface area contributed by atoms with E-state index in [1.807, 2.05) is 111 Å². The fraction of sp³-hybridized carbons (Fsp3) is 0.308. The van der Waals surface area contributed by atoms with Crippen LogP contribution in [-0.4, -0.2) is 60.1 Å². The standard InChI is InChI=1S/C39H42BrN3O6Si/c1-26-36(50(2,3)48)34(23-35(45)42(20-21-44)24-27-10-6-4-7-11-27)49-39(26)32-22-30(40)16-19-33(32)43(38(39)47)25-28-14-17-31(18-15-28)41-37(46)29-12-8-5-9-13-29/h4-19,22,26,34,36,44,48H,20-21,23-25H2,1-3H3,(H,41,46)/t26-,34+,36-,39+/m1/s1. The normalized spacial score (nSPS) is 21.4. The molecule has 4 atom stereocenters. The molecule has 1 fully saturated rings. The van der Waals surface area contributed by atoms with E-state index in [9.17, 15) is 24.3 Å². The lowest BCUT2D eigenvalue weighted by Gasteiger charge is -2.32. The third kappa shape index (κ3) is 7.06. The van der Waals surface area contributed by atoms with Crippen molar-refractivity contribution in [1.29, 1.82) is 0 Å². The van der Waals surface area contributed by atoms with Gasteiger partial charge in [-0.15, -0.1) is 0 Å². The molecule has 50 heavy (non-hydrogen) atoms. The maximum absolute atomic E-state index is 14.8. The molecule has 0 radical (unpaired) electrons. The number of halogens is 1. The highest BCUT2D eigenvalue weighted by atomic mass is 79.9. The molecule has 1 spiro atoms. The van der Waals surface area contributed by atoms with Crippen molar-refractivity contribution in [3.63, 3.8) is 0 Å². The first-order valence-corrected chi connectivity index (χ1v) is 20.6. The van der Waals surface area contributed by atoms with E-state index in [2.05, 4.69) is 21.2 Å². The molecule has 2 aliphatic rings. The second-order valence-corrected chi connectivity index (χ2v) is 18.5. The molecule has 1 saturated heterocycles. The zero-order chi connectivity index (χ0) is 35.6. The molecule has 4 aromatic carbocycles. The molecular formula is C39H42BrN3O6Si. The second kappa shape index (κ2) is 14.6. The van der Waals surface area contributed by atoms with E-state index in [0.29, 0.717) is 29.0 Å². The molecule has 9 nitrogen and oxygen atoms in total. The van der Waals surface area contributed by atoms with E-state index in [4.69, 9.17) is 4.74 Å². The van der Waals surface area contributed by atoms with Crippen molar-refractivity contribution in [3.05, 3.63) is 130 Å². The number of hydrogen-bond donors (Lipinski definition) is 3. The molecule has 2 aliphatic heterocycles. The van der Waals surface area contributed by atoms with Crippen molar-refractivity contribution in [2.75, 3.05) is 23.4 Å². The Labute approximate surface area is 302 Å². The average molecular weight is 757 g/mol. The first-order valence-electron chi connectivity index (χ1n) is 16.8. The van der Waals surface area contributed by atoms with Gasteiger partial charge in [-0.1, -0.05) is 83.5 Å². The smallest absolute Gasteiger partial charge is 0.264 e. The van der Waals surface area contributed by atoms with E-state index < -0.39 is 31.5 Å². The highest BCUT2D eigenvalue weighted by Gasteiger charge is 2.66. The maximum atomic E-state index is 14.8. The van der Waals surface area contributed by atoms with Gasteiger partial charge in [-0.25, -0.2) is 0 Å². The number of nitrogens with zero attached hydrogens (tertiary/aromatic N) is 2. The van der Waals surface area contributed by atoms with Crippen molar-refractivity contribution in [3.8, 4) is 0 Å². The van der Waals surface area contributed by atoms with Gasteiger partial charge in [-0.2, -0.15) is 0 Å². The molecule has 2 heterocycles. The Morgan fingerprint density at radius 2 is 1.62 bits per heavy atom. The number of hydrogen-bond acceptors (Lipinski definition) is 6. The second-order valence-electron chi connectivity index (χ2n) is 13.7. The highest BCUT2D eigenvalue weighted by Crippen LogP contribution is 2.60. The Bertz CT molecular complexity index is 1850. The molecule has 11 heteroatoms. The Balaban J connectivity index is 1.27. The predicted octanol–water partition coefficient (Wildman–Crippen LogP) is 6.46. The van der Waals surface area contributed by atoms with Crippen molar-refractivity contribution in [1.82, 2.24) is 4.90 Å². The summed E-state index contributed by atoms with van der Waals surface area (Å²) < 4.78 is 7.67. The van der Waals surface area contributed by atoms with Crippen LogP contribution in [0.2, 0.25) is 18.6 Å². The van der Waals surface area contributed by atoms with Crippen molar-refractivity contribution in [2.45, 2.75) is 56.8 Å². The lowest BCUT2D eigenvalue weighted by atomic mass is 9.82. The molecule has 4 aromatic rings. The summed E-state index contributed by atoms with van der Waals surface area (Å²) in [7, 11) is -3.01. The van der Waals surface area contributed by atoms with Gasteiger partial charge in [0.25, 0.3) is 11.8 Å². The van der Waals surface area contributed by atoms with E-state index in [-0.39, 0.29) is 43.8 Å². The number of aliphatic hydroxyl groups is 1. The zero-order valence-corrected chi connectivity index (χ0v) is 31.0. The number of carbonyl (C=O) groups excluding carboxylic acids is 3. The number of aliphatic hydroxyl groups excluding tert-OH is 1. The SMILES string of the molecule is C[C@@H]1[C@@H]([Si](C)(C)O)[C@H](CC(=O)N(CCO)Cc2ccccc2)O[C@@]12C(=O)N(Cc1ccc(NC(=O)c3ccccc3)cc1)c1ccc(Br)cc12. The van der Waals surface area contributed by atoms with Crippen LogP contribution >= 0.6 is 15.9 Å². The summed E-state index contributed by atoms with van der Waals surface area (Å²) in [6.45, 7) is 6.17. The average Bonchev–Trinajstić information content (AvgIpc) is 3.52. The van der Waals surface area contributed by atoms with Crippen LogP contribution in [0.15, 0.2) is 108 Å². The van der Waals surface area contributed by atoms with Gasteiger partial charge in [-0.05, 0) is 66.7 Å². The summed E-state index contributed by atoms with van der Waals surface area (Å²) in [5.74, 6) is -1.10. The number of rotatable bonds is 11. The van der Waals surface area contributed by atoms with E-state index in [1.54, 1.807) is 21.9 Å². The van der Waals surface area contributed by atoms with Crippen molar-refractivity contribution < 1.29 is 29.0 Å². The third-order valence-electron chi connectivity index (χ3n) is 9.85. The van der Waals surface area contributed by atoms with Crippen molar-refractivity contribution in [2.24, 2.45) is 5.92 Å². The lowest BCUT2D eigenvalue weighted by molar-refractivity contribution is -0.150. The van der Waals surface area contributed by atoms with Gasteiger partial charge in [0, 0.05) is 45.8 Å². The van der Waals surface area contributed by atoms with Crippen LogP contribution in [0, 0.1) is 5.92 Å². The van der Waals surface area contributed by atoms with Crippen LogP contribution in [0.1, 0.15) is 40.4 Å². The van der Waals surface area contributed by atoms with Crippen LogP contribution in [0.3, 0.4) is 0 Å². The van der Waals surface area contributed by atoms with Gasteiger partial charge >= 0.3 is 0 Å². The Morgan fingerprint density at radius 1 is 0.960 bits per heavy atom. The summed E-state index contributed by atoms with van der Waals surface area (Å²) in [6.07, 6.45) is -0.753. The molecule has 0 aliphatic carbocycles. The van der Waals surface area contributed by atoms with Crippen LogP contribution in [0.5, 0.6) is 0 Å². The molecule has 3 N–H and O–H groups in total. The van der Waals surface area contributed by atoms with Crippen LogP contribution < -0.4 is 10.2 Å². The summed E-state index contributed by atoms with van der Waals surface area (Å²) in [6, 6.07) is 31.7. The highest BCUT2D eigenvalue weighted by molar-refractivity contribution is 9.10. The van der Waals surface area contributed by atoms with Crippen LogP contribution in [0.4, 0.5) is 11.4 Å². The summed E-state index contributed by atoms with van der Waals surface area (Å²) in [4.78, 5) is 56.3. The summed E-state index contributed by atoms with van der Waals surface area (Å²) in [5.41, 5.74) is 2.56. The molecule has 6 rings (SSSR count). The Kier molecular flexibility index (Phi) is 10.4. The van der Waals surface area contributed by atoms with Gasteiger partial charge in [-0.3, -0.25) is 14.4 Å². The number of carbonyl (C=O) groups is 3. The zero-order valence-electron chi connectivity index (χ0n) is 28.4. The Morgan fingerprint density at radius 3 is 2.26 bits per heavy atom. The molecular weight excluding hydrogens is 714 g/mol. The quantitative estimate of drug-likeness (QED) is 0.151. The van der Waals surface area contributed by atoms with Gasteiger partial charge < -0.3 is 29.8 Å². The topological polar surface area (TPSA) is 119 Å².